The molecule has 0 radical (unpaired) electrons. The number of aliphatic carboxylic acids is 1. The molecular formula is C23H30N4O4. The Morgan fingerprint density at radius 2 is 1.97 bits per heavy atom. The minimum absolute atomic E-state index is 0.0543. The van der Waals surface area contributed by atoms with Crippen LogP contribution in [0.3, 0.4) is 0 Å². The van der Waals surface area contributed by atoms with Crippen LogP contribution in [0.5, 0.6) is 6.01 Å². The van der Waals surface area contributed by atoms with E-state index in [1.807, 2.05) is 0 Å². The standard InChI is InChI=1S/C23H30N4O4/c1-31-23-25-14-18(15-26-23)17(13-21(29)30)12-20(28)8-3-2-7-19-10-9-16-6-4-5-11-24-22(16)27-19/h9-10,14-15,17H,2-8,11-13H2,1H3,(H,24,27)(H,29,30). The van der Waals surface area contributed by atoms with Gasteiger partial charge in [0.1, 0.15) is 11.6 Å². The average molecular weight is 427 g/mol. The molecule has 1 unspecified atom stereocenters. The molecular weight excluding hydrogens is 396 g/mol. The van der Waals surface area contributed by atoms with Crippen LogP contribution < -0.4 is 10.1 Å². The highest BCUT2D eigenvalue weighted by Crippen LogP contribution is 2.25. The second-order valence-corrected chi connectivity index (χ2v) is 7.94. The zero-order chi connectivity index (χ0) is 22.1. The van der Waals surface area contributed by atoms with Gasteiger partial charge < -0.3 is 15.2 Å². The van der Waals surface area contributed by atoms with Gasteiger partial charge in [0.2, 0.25) is 0 Å². The number of rotatable bonds is 11. The summed E-state index contributed by atoms with van der Waals surface area (Å²) in [6.45, 7) is 0.967. The van der Waals surface area contributed by atoms with Crippen molar-refractivity contribution >= 4 is 17.6 Å². The lowest BCUT2D eigenvalue weighted by atomic mass is 9.91. The molecule has 0 saturated heterocycles. The van der Waals surface area contributed by atoms with Gasteiger partial charge in [-0.2, -0.15) is 0 Å². The van der Waals surface area contributed by atoms with E-state index in [9.17, 15) is 14.7 Å². The van der Waals surface area contributed by atoms with Crippen molar-refractivity contribution in [1.82, 2.24) is 15.0 Å². The number of nitrogens with zero attached hydrogens (tertiary/aromatic N) is 3. The number of carboxylic acids is 1. The minimum Gasteiger partial charge on any atom is -0.481 e. The van der Waals surface area contributed by atoms with Gasteiger partial charge in [0.15, 0.2) is 0 Å². The molecule has 2 N–H and O–H groups in total. The third kappa shape index (κ3) is 7.01. The van der Waals surface area contributed by atoms with Crippen LogP contribution in [-0.4, -0.2) is 45.5 Å². The molecule has 0 saturated carbocycles. The fraction of sp³-hybridized carbons (Fsp3) is 0.522. The van der Waals surface area contributed by atoms with Gasteiger partial charge in [-0.3, -0.25) is 9.59 Å². The maximum absolute atomic E-state index is 12.5. The van der Waals surface area contributed by atoms with Crippen molar-refractivity contribution in [2.45, 2.75) is 63.7 Å². The van der Waals surface area contributed by atoms with Crippen LogP contribution in [0, 0.1) is 0 Å². The van der Waals surface area contributed by atoms with Crippen LogP contribution in [0.25, 0.3) is 0 Å². The Morgan fingerprint density at radius 3 is 2.71 bits per heavy atom. The van der Waals surface area contributed by atoms with Crippen LogP contribution in [0.1, 0.15) is 67.7 Å². The fourth-order valence-electron chi connectivity index (χ4n) is 3.84. The Labute approximate surface area is 182 Å². The average Bonchev–Trinajstić information content (AvgIpc) is 3.01. The number of unbranched alkanes of at least 4 members (excludes halogenated alkanes) is 1. The fourth-order valence-corrected chi connectivity index (χ4v) is 3.84. The van der Waals surface area contributed by atoms with Crippen LogP contribution in [-0.2, 0) is 22.4 Å². The number of aryl methyl sites for hydroxylation is 2. The van der Waals surface area contributed by atoms with E-state index in [0.717, 1.165) is 43.7 Å². The number of Topliss-reactive ketones (excluding diaryl/α,β-unsaturated/α-hetero) is 1. The van der Waals surface area contributed by atoms with E-state index in [1.165, 1.54) is 37.9 Å². The molecule has 31 heavy (non-hydrogen) atoms. The molecule has 2 aromatic rings. The largest absolute Gasteiger partial charge is 0.481 e. The first-order valence-electron chi connectivity index (χ1n) is 10.9. The number of aromatic nitrogens is 3. The molecule has 1 atom stereocenters. The second kappa shape index (κ2) is 11.4. The predicted octanol–water partition coefficient (Wildman–Crippen LogP) is 3.56. The van der Waals surface area contributed by atoms with E-state index < -0.39 is 11.9 Å². The van der Waals surface area contributed by atoms with Crippen LogP contribution >= 0.6 is 0 Å². The number of hydrogen-bond acceptors (Lipinski definition) is 7. The van der Waals surface area contributed by atoms with Crippen molar-refractivity contribution < 1.29 is 19.4 Å². The molecule has 3 heterocycles. The van der Waals surface area contributed by atoms with Gasteiger partial charge in [-0.1, -0.05) is 6.07 Å². The lowest BCUT2D eigenvalue weighted by Crippen LogP contribution is -2.12. The Morgan fingerprint density at radius 1 is 1.16 bits per heavy atom. The van der Waals surface area contributed by atoms with E-state index in [4.69, 9.17) is 9.72 Å². The molecule has 8 heteroatoms. The summed E-state index contributed by atoms with van der Waals surface area (Å²) in [5, 5.41) is 12.6. The summed E-state index contributed by atoms with van der Waals surface area (Å²) in [6.07, 6.45) is 9.40. The maximum Gasteiger partial charge on any atom is 0.316 e. The summed E-state index contributed by atoms with van der Waals surface area (Å²) >= 11 is 0. The number of ketones is 1. The Kier molecular flexibility index (Phi) is 8.32. The van der Waals surface area contributed by atoms with Crippen molar-refractivity contribution in [2.24, 2.45) is 0 Å². The van der Waals surface area contributed by atoms with Crippen molar-refractivity contribution in [3.63, 3.8) is 0 Å². The number of ether oxygens (including phenoxy) is 1. The summed E-state index contributed by atoms with van der Waals surface area (Å²) in [6, 6.07) is 4.46. The van der Waals surface area contributed by atoms with Crippen LogP contribution in [0.2, 0.25) is 0 Å². The van der Waals surface area contributed by atoms with Crippen molar-refractivity contribution in [2.75, 3.05) is 19.0 Å². The summed E-state index contributed by atoms with van der Waals surface area (Å²) in [5.41, 5.74) is 2.96. The van der Waals surface area contributed by atoms with Gasteiger partial charge in [0.05, 0.1) is 13.5 Å². The number of carbonyl (C=O) groups is 2. The molecule has 0 bridgehead atoms. The summed E-state index contributed by atoms with van der Waals surface area (Å²) in [7, 11) is 1.46. The Hall–Kier alpha value is -3.03. The maximum atomic E-state index is 12.5. The van der Waals surface area contributed by atoms with E-state index in [2.05, 4.69) is 27.4 Å². The molecule has 0 amide bonds. The highest BCUT2D eigenvalue weighted by atomic mass is 16.5. The van der Waals surface area contributed by atoms with Crippen molar-refractivity contribution in [1.29, 1.82) is 0 Å². The van der Waals surface area contributed by atoms with Gasteiger partial charge in [-0.25, -0.2) is 15.0 Å². The van der Waals surface area contributed by atoms with E-state index in [-0.39, 0.29) is 24.6 Å². The van der Waals surface area contributed by atoms with Crippen LogP contribution in [0.4, 0.5) is 5.82 Å². The van der Waals surface area contributed by atoms with Gasteiger partial charge in [-0.15, -0.1) is 0 Å². The van der Waals surface area contributed by atoms with Gasteiger partial charge in [0, 0.05) is 43.4 Å². The highest BCUT2D eigenvalue weighted by Gasteiger charge is 2.20. The molecule has 0 spiro atoms. The SMILES string of the molecule is COc1ncc(C(CC(=O)O)CC(=O)CCCCc2ccc3c(n2)NCCCC3)cn1. The number of pyridine rings is 1. The van der Waals surface area contributed by atoms with Crippen LogP contribution in [0.15, 0.2) is 24.5 Å². The minimum atomic E-state index is -0.948. The molecule has 0 aromatic carbocycles. The number of nitrogens with one attached hydrogen (secondary N) is 1. The Bertz CT molecular complexity index is 886. The third-order valence-electron chi connectivity index (χ3n) is 5.54. The second-order valence-electron chi connectivity index (χ2n) is 7.94. The van der Waals surface area contributed by atoms with E-state index in [1.54, 1.807) is 0 Å². The first-order chi connectivity index (χ1) is 15.0. The number of hydrogen-bond donors (Lipinski definition) is 2. The van der Waals surface area contributed by atoms with Gasteiger partial charge in [0.25, 0.3) is 0 Å². The lowest BCUT2D eigenvalue weighted by molar-refractivity contribution is -0.137. The van der Waals surface area contributed by atoms with E-state index in [0.29, 0.717) is 12.0 Å². The molecule has 0 fully saturated rings. The summed E-state index contributed by atoms with van der Waals surface area (Å²) < 4.78 is 4.94. The zero-order valence-corrected chi connectivity index (χ0v) is 18.0. The molecule has 1 aliphatic heterocycles. The third-order valence-corrected chi connectivity index (χ3v) is 5.54. The number of fused-ring (bicyclic) bond motifs is 1. The van der Waals surface area contributed by atoms with Gasteiger partial charge >= 0.3 is 12.0 Å². The molecule has 3 rings (SSSR count). The van der Waals surface area contributed by atoms with Crippen molar-refractivity contribution in [3.8, 4) is 6.01 Å². The summed E-state index contributed by atoms with van der Waals surface area (Å²) in [4.78, 5) is 36.5. The van der Waals surface area contributed by atoms with Gasteiger partial charge in [-0.05, 0) is 55.7 Å². The highest BCUT2D eigenvalue weighted by molar-refractivity contribution is 5.80. The topological polar surface area (TPSA) is 114 Å². The summed E-state index contributed by atoms with van der Waals surface area (Å²) in [5.74, 6) is -0.326. The van der Waals surface area contributed by atoms with E-state index >= 15 is 0 Å². The predicted molar refractivity (Wildman–Crippen MR) is 116 cm³/mol. The first kappa shape index (κ1) is 22.7. The number of anilines is 1. The molecule has 2 aromatic heterocycles. The smallest absolute Gasteiger partial charge is 0.316 e. The molecule has 1 aliphatic rings. The number of carboxylic acid groups (broad SMARTS) is 1. The molecule has 8 nitrogen and oxygen atoms in total. The first-order valence-corrected chi connectivity index (χ1v) is 10.9. The quantitative estimate of drug-likeness (QED) is 0.524. The number of methoxy groups -OCH3 is 1. The van der Waals surface area contributed by atoms with Crippen molar-refractivity contribution in [3.05, 3.63) is 41.3 Å². The molecule has 0 aliphatic carbocycles. The number of carbonyl (C=O) groups excluding carboxylic acids is 1. The lowest BCUT2D eigenvalue weighted by Gasteiger charge is -2.14. The Balaban J connectivity index is 1.47. The normalized spacial score (nSPS) is 14.1. The zero-order valence-electron chi connectivity index (χ0n) is 18.0. The molecule has 166 valence electrons. The monoisotopic (exact) mass is 426 g/mol.